The van der Waals surface area contributed by atoms with E-state index >= 15 is 0 Å². The van der Waals surface area contributed by atoms with Crippen molar-refractivity contribution in [1.82, 2.24) is 4.90 Å². The van der Waals surface area contributed by atoms with Crippen LogP contribution < -0.4 is 0 Å². The molecule has 0 rings (SSSR count). The van der Waals surface area contributed by atoms with E-state index in [1.54, 1.807) is 0 Å². The van der Waals surface area contributed by atoms with Crippen molar-refractivity contribution in [1.29, 1.82) is 0 Å². The molecule has 0 aliphatic rings. The Morgan fingerprint density at radius 2 is 0.724 bits per heavy atom. The first-order valence-electron chi connectivity index (χ1n) is 13.6. The van der Waals surface area contributed by atoms with Gasteiger partial charge in [0.15, 0.2) is 0 Å². The molecule has 0 saturated heterocycles. The van der Waals surface area contributed by atoms with Crippen LogP contribution in [0.25, 0.3) is 0 Å². The van der Waals surface area contributed by atoms with Gasteiger partial charge in [-0.3, -0.25) is 4.90 Å². The minimum atomic E-state index is 0.323. The molecule has 0 bridgehead atoms. The number of rotatable bonds is 21. The van der Waals surface area contributed by atoms with Gasteiger partial charge in [-0.2, -0.15) is 0 Å². The van der Waals surface area contributed by atoms with Crippen LogP contribution in [0.3, 0.4) is 0 Å². The monoisotopic (exact) mass is 409 g/mol. The molecule has 0 aliphatic carbocycles. The van der Waals surface area contributed by atoms with Crippen molar-refractivity contribution in [3.05, 3.63) is 0 Å². The molecule has 0 radical (unpaired) electrons. The largest absolute Gasteiger partial charge is 0.293 e. The van der Waals surface area contributed by atoms with Crippen molar-refractivity contribution in [2.75, 3.05) is 6.54 Å². The first-order valence-corrected chi connectivity index (χ1v) is 13.6. The first kappa shape index (κ1) is 29.0. The minimum absolute atomic E-state index is 0.323. The zero-order chi connectivity index (χ0) is 22.0. The topological polar surface area (TPSA) is 3.24 Å². The van der Waals surface area contributed by atoms with E-state index in [4.69, 9.17) is 0 Å². The van der Waals surface area contributed by atoms with Gasteiger partial charge in [0, 0.05) is 11.1 Å². The minimum Gasteiger partial charge on any atom is -0.293 e. The van der Waals surface area contributed by atoms with Crippen LogP contribution in [0, 0.1) is 0 Å². The van der Waals surface area contributed by atoms with E-state index in [0.29, 0.717) is 11.1 Å². The molecule has 0 aromatic carbocycles. The summed E-state index contributed by atoms with van der Waals surface area (Å²) in [6, 6.07) is 0. The van der Waals surface area contributed by atoms with Crippen LogP contribution in [0.4, 0.5) is 0 Å². The summed E-state index contributed by atoms with van der Waals surface area (Å²) in [7, 11) is 0. The SMILES string of the molecule is CCCCCCCCCCCCCCCCN(C(C)(C)CCC)C(C)(C)CCC. The van der Waals surface area contributed by atoms with Crippen molar-refractivity contribution >= 4 is 0 Å². The molecule has 1 nitrogen and oxygen atoms in total. The van der Waals surface area contributed by atoms with E-state index in [0.717, 1.165) is 0 Å². The Morgan fingerprint density at radius 3 is 1.03 bits per heavy atom. The lowest BCUT2D eigenvalue weighted by atomic mass is 9.86. The third kappa shape index (κ3) is 14.6. The summed E-state index contributed by atoms with van der Waals surface area (Å²) in [5.41, 5.74) is 0.647. The van der Waals surface area contributed by atoms with Gasteiger partial charge >= 0.3 is 0 Å². The lowest BCUT2D eigenvalue weighted by molar-refractivity contribution is 0.00351. The Labute approximate surface area is 186 Å². The molecule has 29 heavy (non-hydrogen) atoms. The molecule has 1 heteroatoms. The van der Waals surface area contributed by atoms with Gasteiger partial charge in [-0.05, 0) is 53.5 Å². The Hall–Kier alpha value is -0.0400. The van der Waals surface area contributed by atoms with Gasteiger partial charge in [-0.25, -0.2) is 0 Å². The summed E-state index contributed by atoms with van der Waals surface area (Å²) < 4.78 is 0. The Morgan fingerprint density at radius 1 is 0.414 bits per heavy atom. The van der Waals surface area contributed by atoms with Crippen LogP contribution in [0.15, 0.2) is 0 Å². The predicted molar refractivity (Wildman–Crippen MR) is 135 cm³/mol. The fraction of sp³-hybridized carbons (Fsp3) is 1.00. The summed E-state index contributed by atoms with van der Waals surface area (Å²) in [5.74, 6) is 0. The maximum atomic E-state index is 2.84. The van der Waals surface area contributed by atoms with E-state index in [2.05, 4.69) is 53.4 Å². The second-order valence-corrected chi connectivity index (χ2v) is 10.9. The second-order valence-electron chi connectivity index (χ2n) is 10.9. The van der Waals surface area contributed by atoms with Crippen molar-refractivity contribution in [3.63, 3.8) is 0 Å². The van der Waals surface area contributed by atoms with E-state index in [1.807, 2.05) is 0 Å². The summed E-state index contributed by atoms with van der Waals surface area (Å²) in [5, 5.41) is 0. The van der Waals surface area contributed by atoms with E-state index in [9.17, 15) is 0 Å². The molecule has 0 N–H and O–H groups in total. The van der Waals surface area contributed by atoms with Crippen LogP contribution in [0.5, 0.6) is 0 Å². The highest BCUT2D eigenvalue weighted by molar-refractivity contribution is 4.92. The Bertz CT molecular complexity index is 326. The molecular formula is C28H59N. The highest BCUT2D eigenvalue weighted by atomic mass is 15.2. The maximum Gasteiger partial charge on any atom is 0.0158 e. The average molecular weight is 410 g/mol. The van der Waals surface area contributed by atoms with E-state index < -0.39 is 0 Å². The molecule has 0 aliphatic heterocycles. The van der Waals surface area contributed by atoms with Crippen LogP contribution in [0.2, 0.25) is 0 Å². The molecule has 0 atom stereocenters. The molecule has 0 heterocycles. The summed E-state index contributed by atoms with van der Waals surface area (Å²) >= 11 is 0. The number of hydrogen-bond donors (Lipinski definition) is 0. The summed E-state index contributed by atoms with van der Waals surface area (Å²) in [6.07, 6.45) is 25.4. The molecule has 0 amide bonds. The average Bonchev–Trinajstić information content (AvgIpc) is 2.64. The zero-order valence-electron chi connectivity index (χ0n) is 21.9. The Kier molecular flexibility index (Phi) is 17.6. The predicted octanol–water partition coefficient (Wildman–Crippen LogP) is 9.93. The van der Waals surface area contributed by atoms with Crippen molar-refractivity contribution in [2.24, 2.45) is 0 Å². The number of nitrogens with zero attached hydrogens (tertiary/aromatic N) is 1. The number of unbranched alkanes of at least 4 members (excludes halogenated alkanes) is 13. The van der Waals surface area contributed by atoms with Gasteiger partial charge in [0.1, 0.15) is 0 Å². The molecular weight excluding hydrogens is 350 g/mol. The van der Waals surface area contributed by atoms with E-state index in [1.165, 1.54) is 122 Å². The third-order valence-corrected chi connectivity index (χ3v) is 6.92. The lowest BCUT2D eigenvalue weighted by Gasteiger charge is -2.49. The smallest absolute Gasteiger partial charge is 0.0158 e. The molecule has 176 valence electrons. The van der Waals surface area contributed by atoms with Crippen LogP contribution in [-0.4, -0.2) is 22.5 Å². The third-order valence-electron chi connectivity index (χ3n) is 6.92. The van der Waals surface area contributed by atoms with Crippen LogP contribution in [-0.2, 0) is 0 Å². The van der Waals surface area contributed by atoms with Crippen LogP contribution >= 0.6 is 0 Å². The standard InChI is InChI=1S/C28H59N/c1-8-11-12-13-14-15-16-17-18-19-20-21-22-23-26-29(27(4,5)24-9-2)28(6,7)25-10-3/h8-26H2,1-7H3. The highest BCUT2D eigenvalue weighted by Gasteiger charge is 2.35. The maximum absolute atomic E-state index is 2.84. The molecule has 0 aromatic rings. The van der Waals surface area contributed by atoms with Crippen molar-refractivity contribution in [2.45, 2.75) is 175 Å². The summed E-state index contributed by atoms with van der Waals surface area (Å²) in [4.78, 5) is 2.84. The molecule has 0 spiro atoms. The Balaban J connectivity index is 3.88. The van der Waals surface area contributed by atoms with Gasteiger partial charge < -0.3 is 0 Å². The number of hydrogen-bond acceptors (Lipinski definition) is 1. The van der Waals surface area contributed by atoms with Gasteiger partial charge in [0.25, 0.3) is 0 Å². The molecule has 0 saturated carbocycles. The molecule has 0 aromatic heterocycles. The van der Waals surface area contributed by atoms with Crippen LogP contribution in [0.1, 0.15) is 164 Å². The quantitative estimate of drug-likeness (QED) is 0.170. The van der Waals surface area contributed by atoms with Gasteiger partial charge in [-0.15, -0.1) is 0 Å². The second kappa shape index (κ2) is 17.6. The van der Waals surface area contributed by atoms with Crippen molar-refractivity contribution < 1.29 is 0 Å². The van der Waals surface area contributed by atoms with Gasteiger partial charge in [0.05, 0.1) is 0 Å². The van der Waals surface area contributed by atoms with Crippen molar-refractivity contribution in [3.8, 4) is 0 Å². The highest BCUT2D eigenvalue weighted by Crippen LogP contribution is 2.32. The fourth-order valence-corrected chi connectivity index (χ4v) is 5.38. The molecule has 0 unspecified atom stereocenters. The first-order chi connectivity index (χ1) is 13.8. The molecule has 0 fully saturated rings. The van der Waals surface area contributed by atoms with Gasteiger partial charge in [0.2, 0.25) is 0 Å². The van der Waals surface area contributed by atoms with Gasteiger partial charge in [-0.1, -0.05) is 117 Å². The normalized spacial score (nSPS) is 12.8. The lowest BCUT2D eigenvalue weighted by Crippen LogP contribution is -2.55. The zero-order valence-corrected chi connectivity index (χ0v) is 21.9. The van der Waals surface area contributed by atoms with E-state index in [-0.39, 0.29) is 0 Å². The fourth-order valence-electron chi connectivity index (χ4n) is 5.38. The summed E-state index contributed by atoms with van der Waals surface area (Å²) in [6.45, 7) is 18.1.